The molecule has 0 fully saturated rings. The molecule has 0 bridgehead atoms. The van der Waals surface area contributed by atoms with E-state index in [9.17, 15) is 0 Å². The summed E-state index contributed by atoms with van der Waals surface area (Å²) in [4.78, 5) is 4.84. The van der Waals surface area contributed by atoms with Gasteiger partial charge < -0.3 is 9.80 Å². The van der Waals surface area contributed by atoms with Crippen molar-refractivity contribution in [1.82, 2.24) is 0 Å². The second-order valence-electron chi connectivity index (χ2n) is 10.7. The lowest BCUT2D eigenvalue weighted by atomic mass is 10.1. The Morgan fingerprint density at radius 3 is 1.43 bits per heavy atom. The number of nitrogens with zero attached hydrogens (tertiary/aromatic N) is 4. The van der Waals surface area contributed by atoms with Gasteiger partial charge >= 0.3 is 0 Å². The van der Waals surface area contributed by atoms with Gasteiger partial charge in [0, 0.05) is 62.3 Å². The number of unbranched alkanes of at least 4 members (excludes halogenated alkanes) is 1. The third-order valence-electron chi connectivity index (χ3n) is 7.50. The Kier molecular flexibility index (Phi) is 10.3. The van der Waals surface area contributed by atoms with Crippen LogP contribution in [0.5, 0.6) is 0 Å². The molecule has 0 aliphatic carbocycles. The number of anilines is 2. The normalized spacial score (nSPS) is 12.2. The SMILES string of the molecule is CCCCC(CN(C)c1ccc(/C=C/c2cc[n+](C)cc2)cc1)N(C)c1ccc(/C=C/c2cc[n+](C)cc2)cc1. The van der Waals surface area contributed by atoms with Gasteiger partial charge in [-0.15, -0.1) is 0 Å². The minimum Gasteiger partial charge on any atom is -0.373 e. The number of hydrogen-bond acceptors (Lipinski definition) is 2. The number of benzene rings is 2. The molecule has 206 valence electrons. The molecule has 4 rings (SSSR count). The van der Waals surface area contributed by atoms with Crippen LogP contribution in [-0.4, -0.2) is 26.7 Å². The van der Waals surface area contributed by atoms with Gasteiger partial charge in [0.2, 0.25) is 0 Å². The fourth-order valence-corrected chi connectivity index (χ4v) is 4.77. The molecule has 0 spiro atoms. The van der Waals surface area contributed by atoms with Crippen molar-refractivity contribution in [2.75, 3.05) is 30.4 Å². The van der Waals surface area contributed by atoms with E-state index in [2.05, 4.69) is 153 Å². The summed E-state index contributed by atoms with van der Waals surface area (Å²) in [6.07, 6.45) is 20.6. The molecule has 40 heavy (non-hydrogen) atoms. The fraction of sp³-hybridized carbons (Fsp3) is 0.278. The largest absolute Gasteiger partial charge is 0.373 e. The first kappa shape index (κ1) is 28.8. The number of aryl methyl sites for hydroxylation is 2. The molecule has 0 N–H and O–H groups in total. The van der Waals surface area contributed by atoms with E-state index < -0.39 is 0 Å². The molecule has 0 radical (unpaired) electrons. The monoisotopic (exact) mass is 532 g/mol. The first-order chi connectivity index (χ1) is 19.4. The van der Waals surface area contributed by atoms with Crippen molar-refractivity contribution in [2.45, 2.75) is 32.2 Å². The van der Waals surface area contributed by atoms with Crippen molar-refractivity contribution >= 4 is 35.7 Å². The molecular weight excluding hydrogens is 488 g/mol. The van der Waals surface area contributed by atoms with E-state index in [-0.39, 0.29) is 0 Å². The lowest BCUT2D eigenvalue weighted by Crippen LogP contribution is -2.41. The van der Waals surface area contributed by atoms with Crippen molar-refractivity contribution in [2.24, 2.45) is 14.1 Å². The van der Waals surface area contributed by atoms with Crippen molar-refractivity contribution in [1.29, 1.82) is 0 Å². The van der Waals surface area contributed by atoms with Gasteiger partial charge in [0.05, 0.1) is 0 Å². The third kappa shape index (κ3) is 8.41. The highest BCUT2D eigenvalue weighted by Crippen LogP contribution is 2.23. The Hall–Kier alpha value is -4.18. The van der Waals surface area contributed by atoms with E-state index in [0.29, 0.717) is 6.04 Å². The number of aromatic nitrogens is 2. The Morgan fingerprint density at radius 2 is 1.00 bits per heavy atom. The van der Waals surface area contributed by atoms with Crippen molar-refractivity contribution in [3.63, 3.8) is 0 Å². The summed E-state index contributed by atoms with van der Waals surface area (Å²) in [5, 5.41) is 0. The summed E-state index contributed by atoms with van der Waals surface area (Å²) in [5.74, 6) is 0. The Labute approximate surface area is 241 Å². The molecule has 0 saturated heterocycles. The summed E-state index contributed by atoms with van der Waals surface area (Å²) >= 11 is 0. The van der Waals surface area contributed by atoms with Crippen LogP contribution in [0.25, 0.3) is 24.3 Å². The van der Waals surface area contributed by atoms with E-state index in [1.54, 1.807) is 0 Å². The second-order valence-corrected chi connectivity index (χ2v) is 10.7. The molecular formula is C36H44N4+2. The molecule has 2 aromatic carbocycles. The Balaban J connectivity index is 1.39. The summed E-state index contributed by atoms with van der Waals surface area (Å²) in [5.41, 5.74) is 7.33. The number of hydrogen-bond donors (Lipinski definition) is 0. The first-order valence-corrected chi connectivity index (χ1v) is 14.3. The zero-order valence-electron chi connectivity index (χ0n) is 24.7. The molecule has 0 aliphatic heterocycles. The maximum absolute atomic E-state index is 2.45. The maximum Gasteiger partial charge on any atom is 0.169 e. The van der Waals surface area contributed by atoms with Crippen LogP contribution in [0, 0.1) is 0 Å². The van der Waals surface area contributed by atoms with Crippen LogP contribution >= 0.6 is 0 Å². The van der Waals surface area contributed by atoms with Crippen LogP contribution in [-0.2, 0) is 14.1 Å². The van der Waals surface area contributed by atoms with Gasteiger partial charge in [0.25, 0.3) is 0 Å². The van der Waals surface area contributed by atoms with E-state index in [4.69, 9.17) is 0 Å². The van der Waals surface area contributed by atoms with Crippen molar-refractivity contribution < 1.29 is 9.13 Å². The highest BCUT2D eigenvalue weighted by atomic mass is 15.2. The maximum atomic E-state index is 2.45. The van der Waals surface area contributed by atoms with Crippen molar-refractivity contribution in [3.8, 4) is 0 Å². The highest BCUT2D eigenvalue weighted by Gasteiger charge is 2.17. The van der Waals surface area contributed by atoms with Gasteiger partial charge in [-0.3, -0.25) is 0 Å². The molecule has 1 atom stereocenters. The molecule has 4 nitrogen and oxygen atoms in total. The van der Waals surface area contributed by atoms with Crippen LogP contribution in [0.15, 0.2) is 97.6 Å². The molecule has 2 aromatic heterocycles. The first-order valence-electron chi connectivity index (χ1n) is 14.3. The summed E-state index contributed by atoms with van der Waals surface area (Å²) in [6, 6.07) is 26.7. The predicted molar refractivity (Wildman–Crippen MR) is 171 cm³/mol. The molecule has 4 heteroatoms. The Bertz CT molecular complexity index is 1370. The third-order valence-corrected chi connectivity index (χ3v) is 7.50. The summed E-state index contributed by atoms with van der Waals surface area (Å²) in [6.45, 7) is 3.25. The van der Waals surface area contributed by atoms with Crippen LogP contribution in [0.2, 0.25) is 0 Å². The van der Waals surface area contributed by atoms with Gasteiger partial charge in [-0.2, -0.15) is 0 Å². The van der Waals surface area contributed by atoms with Gasteiger partial charge in [0.1, 0.15) is 14.1 Å². The quantitative estimate of drug-likeness (QED) is 0.186. The van der Waals surface area contributed by atoms with E-state index in [0.717, 1.165) is 6.54 Å². The lowest BCUT2D eigenvalue weighted by Gasteiger charge is -2.34. The zero-order valence-corrected chi connectivity index (χ0v) is 24.7. The average Bonchev–Trinajstić information content (AvgIpc) is 2.99. The number of pyridine rings is 2. The van der Waals surface area contributed by atoms with Crippen molar-refractivity contribution in [3.05, 3.63) is 120 Å². The standard InChI is InChI=1S/C36H44N4/c1-6-7-8-36(40(5)35-19-15-31(16-20-35)10-12-33-23-27-38(3)28-24-33)29-39(4)34-17-13-30(14-18-34)9-11-32-21-25-37(2)26-22-32/h9-28,36H,6-8,29H2,1-5H3/q+2. The zero-order chi connectivity index (χ0) is 28.3. The average molecular weight is 533 g/mol. The van der Waals surface area contributed by atoms with Crippen LogP contribution in [0.1, 0.15) is 48.4 Å². The van der Waals surface area contributed by atoms with Crippen LogP contribution in [0.3, 0.4) is 0 Å². The van der Waals surface area contributed by atoms with Crippen LogP contribution < -0.4 is 18.9 Å². The number of likely N-dealkylation sites (N-methyl/N-ethyl adjacent to an activating group) is 2. The molecule has 4 aromatic rings. The summed E-state index contributed by atoms with van der Waals surface area (Å²) < 4.78 is 4.10. The topological polar surface area (TPSA) is 14.2 Å². The lowest BCUT2D eigenvalue weighted by molar-refractivity contribution is -0.671. The van der Waals surface area contributed by atoms with Gasteiger partial charge in [0.15, 0.2) is 24.8 Å². The minimum atomic E-state index is 0.426. The smallest absolute Gasteiger partial charge is 0.169 e. The second kappa shape index (κ2) is 14.3. The molecule has 0 aliphatic rings. The van der Waals surface area contributed by atoms with E-state index >= 15 is 0 Å². The fourth-order valence-electron chi connectivity index (χ4n) is 4.77. The van der Waals surface area contributed by atoms with E-state index in [1.165, 1.54) is 52.9 Å². The minimum absolute atomic E-state index is 0.426. The predicted octanol–water partition coefficient (Wildman–Crippen LogP) is 6.81. The summed E-state index contributed by atoms with van der Waals surface area (Å²) in [7, 11) is 8.52. The highest BCUT2D eigenvalue weighted by molar-refractivity contribution is 5.71. The van der Waals surface area contributed by atoms with Gasteiger partial charge in [-0.25, -0.2) is 9.13 Å². The molecule has 0 saturated carbocycles. The number of rotatable bonds is 12. The van der Waals surface area contributed by atoms with E-state index in [1.807, 2.05) is 23.2 Å². The van der Waals surface area contributed by atoms with Gasteiger partial charge in [-0.05, 0) is 52.9 Å². The molecule has 2 heterocycles. The Morgan fingerprint density at radius 1 is 0.600 bits per heavy atom. The molecule has 1 unspecified atom stereocenters. The van der Waals surface area contributed by atoms with Crippen LogP contribution in [0.4, 0.5) is 11.4 Å². The van der Waals surface area contributed by atoms with Gasteiger partial charge in [-0.1, -0.05) is 68.3 Å². The molecule has 0 amide bonds.